The van der Waals surface area contributed by atoms with Crippen LogP contribution >= 0.6 is 0 Å². The van der Waals surface area contributed by atoms with Crippen LogP contribution in [0.3, 0.4) is 0 Å². The molecule has 0 unspecified atom stereocenters. The molecule has 0 atom stereocenters. The summed E-state index contributed by atoms with van der Waals surface area (Å²) in [6.07, 6.45) is 8.85. The largest absolute Gasteiger partial charge is 0.352 e. The van der Waals surface area contributed by atoms with Crippen molar-refractivity contribution in [3.63, 3.8) is 0 Å². The minimum absolute atomic E-state index is 0.793. The van der Waals surface area contributed by atoms with Gasteiger partial charge in [0.25, 0.3) is 0 Å². The summed E-state index contributed by atoms with van der Waals surface area (Å²) < 4.78 is 1.89. The maximum absolute atomic E-state index is 4.50. The SMILES string of the molecule is c1cn2cnnc2c(N2CCN(c3ncnc4[nH]ccc34)CC2)n1. The van der Waals surface area contributed by atoms with Gasteiger partial charge < -0.3 is 14.8 Å². The van der Waals surface area contributed by atoms with E-state index in [2.05, 4.69) is 39.9 Å². The van der Waals surface area contributed by atoms with Gasteiger partial charge in [-0.05, 0) is 6.07 Å². The highest BCUT2D eigenvalue weighted by Crippen LogP contribution is 2.24. The highest BCUT2D eigenvalue weighted by atomic mass is 15.3. The summed E-state index contributed by atoms with van der Waals surface area (Å²) >= 11 is 0. The van der Waals surface area contributed by atoms with Crippen LogP contribution in [0.4, 0.5) is 11.6 Å². The zero-order valence-electron chi connectivity index (χ0n) is 12.9. The summed E-state index contributed by atoms with van der Waals surface area (Å²) in [5.41, 5.74) is 1.67. The van der Waals surface area contributed by atoms with Crippen molar-refractivity contribution >= 4 is 28.3 Å². The molecular formula is C15H15N9. The van der Waals surface area contributed by atoms with Crippen molar-refractivity contribution in [1.29, 1.82) is 0 Å². The summed E-state index contributed by atoms with van der Waals surface area (Å²) in [5.74, 6) is 1.86. The fourth-order valence-electron chi connectivity index (χ4n) is 3.21. The number of piperazine rings is 1. The molecule has 5 rings (SSSR count). The highest BCUT2D eigenvalue weighted by molar-refractivity contribution is 5.87. The van der Waals surface area contributed by atoms with E-state index in [1.54, 1.807) is 18.9 Å². The van der Waals surface area contributed by atoms with Gasteiger partial charge >= 0.3 is 0 Å². The van der Waals surface area contributed by atoms with Crippen LogP contribution in [0.15, 0.2) is 37.3 Å². The molecule has 5 heterocycles. The molecule has 9 nitrogen and oxygen atoms in total. The normalized spacial score (nSPS) is 15.5. The predicted octanol–water partition coefficient (Wildman–Crippen LogP) is 0.722. The number of fused-ring (bicyclic) bond motifs is 2. The Morgan fingerprint density at radius 1 is 0.958 bits per heavy atom. The average Bonchev–Trinajstić information content (AvgIpc) is 3.30. The van der Waals surface area contributed by atoms with Gasteiger partial charge in [0.05, 0.1) is 5.39 Å². The molecular weight excluding hydrogens is 306 g/mol. The van der Waals surface area contributed by atoms with Gasteiger partial charge in [0.1, 0.15) is 24.1 Å². The summed E-state index contributed by atoms with van der Waals surface area (Å²) in [7, 11) is 0. The molecule has 4 aromatic heterocycles. The number of nitrogens with zero attached hydrogens (tertiary/aromatic N) is 8. The molecule has 0 spiro atoms. The molecule has 0 saturated carbocycles. The molecule has 0 amide bonds. The van der Waals surface area contributed by atoms with Crippen molar-refractivity contribution in [3.8, 4) is 0 Å². The average molecular weight is 321 g/mol. The van der Waals surface area contributed by atoms with E-state index in [1.165, 1.54) is 0 Å². The van der Waals surface area contributed by atoms with Gasteiger partial charge in [-0.2, -0.15) is 0 Å². The van der Waals surface area contributed by atoms with Crippen LogP contribution in [-0.4, -0.2) is 60.7 Å². The Labute approximate surface area is 137 Å². The summed E-state index contributed by atoms with van der Waals surface area (Å²) in [5, 5.41) is 9.20. The second kappa shape index (κ2) is 5.15. The number of hydrogen-bond donors (Lipinski definition) is 1. The van der Waals surface area contributed by atoms with Crippen LogP contribution < -0.4 is 9.80 Å². The van der Waals surface area contributed by atoms with Gasteiger partial charge in [-0.1, -0.05) is 0 Å². The lowest BCUT2D eigenvalue weighted by Gasteiger charge is -2.36. The zero-order valence-corrected chi connectivity index (χ0v) is 12.9. The smallest absolute Gasteiger partial charge is 0.203 e. The molecule has 1 fully saturated rings. The fraction of sp³-hybridized carbons (Fsp3) is 0.267. The summed E-state index contributed by atoms with van der Waals surface area (Å²) in [6.45, 7) is 3.45. The van der Waals surface area contributed by atoms with Gasteiger partial charge in [-0.3, -0.25) is 4.40 Å². The first-order valence-corrected chi connectivity index (χ1v) is 7.82. The Morgan fingerprint density at radius 2 is 1.79 bits per heavy atom. The van der Waals surface area contributed by atoms with Crippen LogP contribution in [0.5, 0.6) is 0 Å². The summed E-state index contributed by atoms with van der Waals surface area (Å²) in [6, 6.07) is 2.02. The Bertz CT molecular complexity index is 914. The zero-order chi connectivity index (χ0) is 15.9. The van der Waals surface area contributed by atoms with Gasteiger partial charge in [0.15, 0.2) is 5.82 Å². The third-order valence-electron chi connectivity index (χ3n) is 4.41. The first-order valence-electron chi connectivity index (χ1n) is 7.82. The van der Waals surface area contributed by atoms with Crippen molar-refractivity contribution in [2.24, 2.45) is 0 Å². The molecule has 0 aliphatic carbocycles. The van der Waals surface area contributed by atoms with Crippen molar-refractivity contribution in [3.05, 3.63) is 37.3 Å². The molecule has 1 N–H and O–H groups in total. The Balaban J connectivity index is 1.41. The van der Waals surface area contributed by atoms with E-state index in [-0.39, 0.29) is 0 Å². The minimum atomic E-state index is 0.793. The first-order chi connectivity index (χ1) is 11.9. The number of anilines is 2. The Morgan fingerprint density at radius 3 is 2.67 bits per heavy atom. The van der Waals surface area contributed by atoms with Gasteiger partial charge in [0.2, 0.25) is 5.65 Å². The second-order valence-corrected chi connectivity index (χ2v) is 5.72. The molecule has 0 bridgehead atoms. The molecule has 4 aromatic rings. The molecule has 0 aromatic carbocycles. The minimum Gasteiger partial charge on any atom is -0.352 e. The lowest BCUT2D eigenvalue weighted by atomic mass is 10.2. The molecule has 1 saturated heterocycles. The monoisotopic (exact) mass is 321 g/mol. The molecule has 9 heteroatoms. The molecule has 1 aliphatic rings. The molecule has 1 aliphatic heterocycles. The quantitative estimate of drug-likeness (QED) is 0.582. The van der Waals surface area contributed by atoms with Crippen molar-refractivity contribution in [1.82, 2.24) is 34.5 Å². The third kappa shape index (κ3) is 1.98. The van der Waals surface area contributed by atoms with Gasteiger partial charge in [-0.25, -0.2) is 15.0 Å². The van der Waals surface area contributed by atoms with E-state index in [4.69, 9.17) is 0 Å². The Kier molecular flexibility index (Phi) is 2.84. The number of nitrogens with one attached hydrogen (secondary N) is 1. The number of hydrogen-bond acceptors (Lipinski definition) is 7. The van der Waals surface area contributed by atoms with E-state index >= 15 is 0 Å². The first kappa shape index (κ1) is 13.2. The number of H-pyrrole nitrogens is 1. The number of aromatic nitrogens is 7. The maximum Gasteiger partial charge on any atom is 0.203 e. The van der Waals surface area contributed by atoms with Crippen LogP contribution in [-0.2, 0) is 0 Å². The standard InChI is InChI=1S/C15H15N9/c1-2-16-12-11(1)13(19-9-18-12)22-5-7-23(8-6-22)14-15-21-20-10-24(15)4-3-17-14/h1-4,9-10H,5-8H2,(H,16,18,19). The van der Waals surface area contributed by atoms with E-state index in [0.717, 1.165) is 54.5 Å². The lowest BCUT2D eigenvalue weighted by molar-refractivity contribution is 0.643. The van der Waals surface area contributed by atoms with Gasteiger partial charge in [-0.15, -0.1) is 10.2 Å². The maximum atomic E-state index is 4.50. The van der Waals surface area contributed by atoms with E-state index < -0.39 is 0 Å². The van der Waals surface area contributed by atoms with Crippen LogP contribution in [0.25, 0.3) is 16.7 Å². The molecule has 0 radical (unpaired) electrons. The van der Waals surface area contributed by atoms with E-state index in [1.807, 2.05) is 22.9 Å². The lowest BCUT2D eigenvalue weighted by Crippen LogP contribution is -2.47. The Hall–Kier alpha value is -3.23. The van der Waals surface area contributed by atoms with Crippen molar-refractivity contribution < 1.29 is 0 Å². The van der Waals surface area contributed by atoms with Crippen LogP contribution in [0, 0.1) is 0 Å². The highest BCUT2D eigenvalue weighted by Gasteiger charge is 2.22. The fourth-order valence-corrected chi connectivity index (χ4v) is 3.21. The van der Waals surface area contributed by atoms with Gasteiger partial charge in [0, 0.05) is 44.8 Å². The van der Waals surface area contributed by atoms with Crippen molar-refractivity contribution in [2.45, 2.75) is 0 Å². The second-order valence-electron chi connectivity index (χ2n) is 5.72. The van der Waals surface area contributed by atoms with Crippen molar-refractivity contribution in [2.75, 3.05) is 36.0 Å². The van der Waals surface area contributed by atoms with Crippen LogP contribution in [0.1, 0.15) is 0 Å². The summed E-state index contributed by atoms with van der Waals surface area (Å²) in [4.78, 5) is 20.9. The van der Waals surface area contributed by atoms with Crippen LogP contribution in [0.2, 0.25) is 0 Å². The number of rotatable bonds is 2. The predicted molar refractivity (Wildman–Crippen MR) is 89.1 cm³/mol. The third-order valence-corrected chi connectivity index (χ3v) is 4.41. The molecule has 120 valence electrons. The van der Waals surface area contributed by atoms with E-state index in [9.17, 15) is 0 Å². The topological polar surface area (TPSA) is 91.1 Å². The van der Waals surface area contributed by atoms with E-state index in [0.29, 0.717) is 0 Å². The number of aromatic amines is 1. The molecule has 24 heavy (non-hydrogen) atoms.